The third-order valence-electron chi connectivity index (χ3n) is 4.33. The van der Waals surface area contributed by atoms with E-state index in [1.54, 1.807) is 0 Å². The number of hydrogen-bond donors (Lipinski definition) is 0. The summed E-state index contributed by atoms with van der Waals surface area (Å²) in [5, 5.41) is 0. The Hall–Kier alpha value is -1.77. The molecule has 0 bridgehead atoms. The normalized spacial score (nSPS) is 21.7. The third kappa shape index (κ3) is 4.37. The van der Waals surface area contributed by atoms with Crippen LogP contribution in [0.25, 0.3) is 0 Å². The fraction of sp³-hybridized carbons (Fsp3) is 0.550. The molecule has 0 N–H and O–H groups in total. The number of benzene rings is 1. The minimum absolute atomic E-state index is 0.00302. The summed E-state index contributed by atoms with van der Waals surface area (Å²) in [5.74, 6) is 0.957. The molecule has 3 heteroatoms. The Morgan fingerprint density at radius 1 is 1.30 bits per heavy atom. The molecule has 2 atom stereocenters. The molecule has 126 valence electrons. The molecule has 23 heavy (non-hydrogen) atoms. The van der Waals surface area contributed by atoms with Crippen LogP contribution in [0.4, 0.5) is 0 Å². The number of hydrogen-bond acceptors (Lipinski definition) is 3. The van der Waals surface area contributed by atoms with Crippen LogP contribution in [0.5, 0.6) is 5.75 Å². The van der Waals surface area contributed by atoms with Gasteiger partial charge in [-0.15, -0.1) is 0 Å². The van der Waals surface area contributed by atoms with Crippen LogP contribution in [0.15, 0.2) is 35.9 Å². The molecule has 2 rings (SSSR count). The molecular weight excluding hydrogens is 288 g/mol. The van der Waals surface area contributed by atoms with Crippen molar-refractivity contribution in [1.29, 1.82) is 0 Å². The Bertz CT molecular complexity index is 595. The van der Waals surface area contributed by atoms with Gasteiger partial charge in [0, 0.05) is 0 Å². The van der Waals surface area contributed by atoms with Gasteiger partial charge < -0.3 is 9.47 Å². The standard InChI is InChI=1S/C20H28O3/c1-13(2)10-17-18(20(17,5)6)19(21)22-12-15-8-7-9-16(11-15)23-14(3)4/h7-11,14,17-18H,12H2,1-6H3/t17-,18+/m1/s1. The predicted molar refractivity (Wildman–Crippen MR) is 92.2 cm³/mol. The molecule has 0 heterocycles. The fourth-order valence-corrected chi connectivity index (χ4v) is 3.02. The van der Waals surface area contributed by atoms with E-state index in [-0.39, 0.29) is 29.3 Å². The zero-order chi connectivity index (χ0) is 17.2. The lowest BCUT2D eigenvalue weighted by Gasteiger charge is -2.11. The van der Waals surface area contributed by atoms with Gasteiger partial charge in [0.25, 0.3) is 0 Å². The Labute approximate surface area is 139 Å². The van der Waals surface area contributed by atoms with Crippen molar-refractivity contribution in [3.8, 4) is 5.75 Å². The monoisotopic (exact) mass is 316 g/mol. The van der Waals surface area contributed by atoms with Gasteiger partial charge in [-0.25, -0.2) is 0 Å². The highest BCUT2D eigenvalue weighted by molar-refractivity contribution is 5.78. The Kier molecular flexibility index (Phi) is 5.18. The van der Waals surface area contributed by atoms with Crippen molar-refractivity contribution in [2.24, 2.45) is 17.3 Å². The molecule has 0 saturated heterocycles. The van der Waals surface area contributed by atoms with E-state index in [4.69, 9.17) is 9.47 Å². The highest BCUT2D eigenvalue weighted by atomic mass is 16.5. The van der Waals surface area contributed by atoms with E-state index in [9.17, 15) is 4.79 Å². The molecule has 0 radical (unpaired) electrons. The molecule has 0 unspecified atom stereocenters. The smallest absolute Gasteiger partial charge is 0.310 e. The predicted octanol–water partition coefficient (Wildman–Crippen LogP) is 4.76. The molecule has 0 spiro atoms. The zero-order valence-electron chi connectivity index (χ0n) is 15.1. The summed E-state index contributed by atoms with van der Waals surface area (Å²) < 4.78 is 11.2. The van der Waals surface area contributed by atoms with E-state index in [1.807, 2.05) is 38.1 Å². The van der Waals surface area contributed by atoms with Gasteiger partial charge in [-0.3, -0.25) is 4.79 Å². The number of rotatable bonds is 6. The Morgan fingerprint density at radius 3 is 2.61 bits per heavy atom. The van der Waals surface area contributed by atoms with Crippen molar-refractivity contribution < 1.29 is 14.3 Å². The van der Waals surface area contributed by atoms with Gasteiger partial charge in [0.2, 0.25) is 0 Å². The lowest BCUT2D eigenvalue weighted by atomic mass is 10.1. The van der Waals surface area contributed by atoms with Crippen molar-refractivity contribution in [2.75, 3.05) is 0 Å². The molecule has 1 aromatic carbocycles. The molecule has 0 aliphatic heterocycles. The van der Waals surface area contributed by atoms with Crippen molar-refractivity contribution in [2.45, 2.75) is 54.3 Å². The summed E-state index contributed by atoms with van der Waals surface area (Å²) in [6, 6.07) is 7.72. The van der Waals surface area contributed by atoms with Gasteiger partial charge in [0.1, 0.15) is 12.4 Å². The van der Waals surface area contributed by atoms with Crippen LogP contribution in [0.1, 0.15) is 47.1 Å². The molecule has 1 fully saturated rings. The van der Waals surface area contributed by atoms with Gasteiger partial charge in [-0.2, -0.15) is 0 Å². The van der Waals surface area contributed by atoms with Crippen LogP contribution in [-0.4, -0.2) is 12.1 Å². The highest BCUT2D eigenvalue weighted by Crippen LogP contribution is 2.59. The second-order valence-corrected chi connectivity index (χ2v) is 7.49. The van der Waals surface area contributed by atoms with Crippen molar-refractivity contribution >= 4 is 5.97 Å². The van der Waals surface area contributed by atoms with Crippen LogP contribution in [0.2, 0.25) is 0 Å². The second kappa shape index (κ2) is 6.77. The van der Waals surface area contributed by atoms with Crippen LogP contribution in [0.3, 0.4) is 0 Å². The minimum Gasteiger partial charge on any atom is -0.491 e. The first kappa shape index (κ1) is 17.6. The average Bonchev–Trinajstić information content (AvgIpc) is 2.96. The topological polar surface area (TPSA) is 35.5 Å². The molecule has 1 aliphatic rings. The average molecular weight is 316 g/mol. The van der Waals surface area contributed by atoms with Crippen molar-refractivity contribution in [3.63, 3.8) is 0 Å². The van der Waals surface area contributed by atoms with Gasteiger partial charge in [0.05, 0.1) is 12.0 Å². The van der Waals surface area contributed by atoms with E-state index in [0.29, 0.717) is 6.61 Å². The molecule has 1 aromatic rings. The maximum absolute atomic E-state index is 12.4. The van der Waals surface area contributed by atoms with E-state index >= 15 is 0 Å². The summed E-state index contributed by atoms with van der Waals surface area (Å²) in [5.41, 5.74) is 2.20. The summed E-state index contributed by atoms with van der Waals surface area (Å²) in [7, 11) is 0. The number of carbonyl (C=O) groups excluding carboxylic acids is 1. The Morgan fingerprint density at radius 2 is 2.00 bits per heavy atom. The van der Waals surface area contributed by atoms with Gasteiger partial charge in [0.15, 0.2) is 0 Å². The number of ether oxygens (including phenoxy) is 2. The number of carbonyl (C=O) groups is 1. The maximum atomic E-state index is 12.4. The van der Waals surface area contributed by atoms with E-state index in [2.05, 4.69) is 33.8 Å². The van der Waals surface area contributed by atoms with Gasteiger partial charge in [-0.05, 0) is 56.7 Å². The van der Waals surface area contributed by atoms with Crippen LogP contribution < -0.4 is 4.74 Å². The van der Waals surface area contributed by atoms with E-state index in [0.717, 1.165) is 11.3 Å². The van der Waals surface area contributed by atoms with Crippen molar-refractivity contribution in [3.05, 3.63) is 41.5 Å². The molecule has 1 saturated carbocycles. The van der Waals surface area contributed by atoms with Crippen LogP contribution in [-0.2, 0) is 16.1 Å². The summed E-state index contributed by atoms with van der Waals surface area (Å²) in [6.45, 7) is 12.7. The number of allylic oxidation sites excluding steroid dienone is 2. The summed E-state index contributed by atoms with van der Waals surface area (Å²) >= 11 is 0. The largest absolute Gasteiger partial charge is 0.491 e. The molecule has 3 nitrogen and oxygen atoms in total. The SMILES string of the molecule is CC(C)=C[C@@H]1[C@@H](C(=O)OCc2cccc(OC(C)C)c2)C1(C)C. The highest BCUT2D eigenvalue weighted by Gasteiger charge is 2.61. The van der Waals surface area contributed by atoms with Crippen LogP contribution in [0, 0.1) is 17.3 Å². The van der Waals surface area contributed by atoms with E-state index in [1.165, 1.54) is 5.57 Å². The lowest BCUT2D eigenvalue weighted by Crippen LogP contribution is -2.11. The quantitative estimate of drug-likeness (QED) is 0.561. The first-order valence-electron chi connectivity index (χ1n) is 8.29. The molecule has 0 aromatic heterocycles. The minimum atomic E-state index is -0.104. The lowest BCUT2D eigenvalue weighted by molar-refractivity contribution is -0.147. The summed E-state index contributed by atoms with van der Waals surface area (Å²) in [6.07, 6.45) is 2.31. The first-order chi connectivity index (χ1) is 10.7. The van der Waals surface area contributed by atoms with E-state index < -0.39 is 0 Å². The molecule has 1 aliphatic carbocycles. The van der Waals surface area contributed by atoms with Crippen LogP contribution >= 0.6 is 0 Å². The summed E-state index contributed by atoms with van der Waals surface area (Å²) in [4.78, 5) is 12.4. The molecular formula is C20H28O3. The Balaban J connectivity index is 1.94. The maximum Gasteiger partial charge on any atom is 0.310 e. The third-order valence-corrected chi connectivity index (χ3v) is 4.33. The first-order valence-corrected chi connectivity index (χ1v) is 8.29. The van der Waals surface area contributed by atoms with Gasteiger partial charge >= 0.3 is 5.97 Å². The molecule has 0 amide bonds. The van der Waals surface area contributed by atoms with Gasteiger partial charge in [-0.1, -0.05) is 37.6 Å². The fourth-order valence-electron chi connectivity index (χ4n) is 3.02. The number of esters is 1. The van der Waals surface area contributed by atoms with Crippen molar-refractivity contribution in [1.82, 2.24) is 0 Å². The second-order valence-electron chi connectivity index (χ2n) is 7.49. The zero-order valence-corrected chi connectivity index (χ0v) is 15.1.